The van der Waals surface area contributed by atoms with Gasteiger partial charge in [-0.1, -0.05) is 52.6 Å². The molecule has 0 radical (unpaired) electrons. The molecule has 8 heteroatoms. The third kappa shape index (κ3) is 6.04. The number of benzene rings is 1. The summed E-state index contributed by atoms with van der Waals surface area (Å²) in [6.07, 6.45) is 4.55. The average Bonchev–Trinajstić information content (AvgIpc) is 2.70. The quantitative estimate of drug-likeness (QED) is 0.349. The molecule has 0 spiro atoms. The Morgan fingerprint density at radius 1 is 1.07 bits per heavy atom. The number of pyridine rings is 2. The Morgan fingerprint density at radius 2 is 1.86 bits per heavy atom. The zero-order chi connectivity index (χ0) is 19.8. The van der Waals surface area contributed by atoms with Gasteiger partial charge in [0.25, 0.3) is 5.91 Å². The summed E-state index contributed by atoms with van der Waals surface area (Å²) in [5, 5.41) is 4.75. The van der Waals surface area contributed by atoms with E-state index in [1.54, 1.807) is 36.5 Å². The van der Waals surface area contributed by atoms with Gasteiger partial charge < -0.3 is 9.40 Å². The SMILES string of the molecule is O=C(/C=N/OCc1ccc(Cl)cc1)/N=c1\ccccn1Cc1ccc(Cl)nc1. The zero-order valence-electron chi connectivity index (χ0n) is 14.7. The molecule has 0 saturated carbocycles. The highest BCUT2D eigenvalue weighted by atomic mass is 35.5. The standard InChI is InChI=1S/C20H16Cl2N4O2/c21-17-7-4-15(5-8-17)14-28-24-12-20(27)25-19-3-1-2-10-26(19)13-16-6-9-18(22)23-11-16/h1-12H,13-14H2/b24-12+,25-19+. The van der Waals surface area contributed by atoms with Gasteiger partial charge in [0.2, 0.25) is 0 Å². The Bertz CT molecular complexity index is 1030. The maximum Gasteiger partial charge on any atom is 0.293 e. The Labute approximate surface area is 171 Å². The molecule has 0 aliphatic rings. The van der Waals surface area contributed by atoms with Crippen LogP contribution in [0.1, 0.15) is 11.1 Å². The van der Waals surface area contributed by atoms with Crippen LogP contribution in [0.4, 0.5) is 0 Å². The van der Waals surface area contributed by atoms with Gasteiger partial charge in [-0.2, -0.15) is 4.99 Å². The second-order valence-electron chi connectivity index (χ2n) is 5.76. The second-order valence-corrected chi connectivity index (χ2v) is 6.58. The predicted molar refractivity (Wildman–Crippen MR) is 108 cm³/mol. The van der Waals surface area contributed by atoms with E-state index in [9.17, 15) is 4.79 Å². The first kappa shape index (κ1) is 19.8. The van der Waals surface area contributed by atoms with E-state index in [2.05, 4.69) is 15.1 Å². The van der Waals surface area contributed by atoms with E-state index in [-0.39, 0.29) is 6.61 Å². The van der Waals surface area contributed by atoms with Gasteiger partial charge in [-0.15, -0.1) is 0 Å². The number of carbonyl (C=O) groups is 1. The molecule has 1 aromatic carbocycles. The molecule has 3 aromatic rings. The van der Waals surface area contributed by atoms with E-state index < -0.39 is 5.91 Å². The van der Waals surface area contributed by atoms with Crippen molar-refractivity contribution >= 4 is 35.3 Å². The summed E-state index contributed by atoms with van der Waals surface area (Å²) in [6.45, 7) is 0.733. The zero-order valence-corrected chi connectivity index (χ0v) is 16.2. The number of amides is 1. The lowest BCUT2D eigenvalue weighted by molar-refractivity contribution is -0.111. The molecule has 2 heterocycles. The second kappa shape index (κ2) is 9.82. The number of rotatable bonds is 6. The van der Waals surface area contributed by atoms with Crippen molar-refractivity contribution in [1.82, 2.24) is 9.55 Å². The number of nitrogens with zero attached hydrogens (tertiary/aromatic N) is 4. The Morgan fingerprint density at radius 3 is 2.61 bits per heavy atom. The molecule has 0 fully saturated rings. The minimum Gasteiger partial charge on any atom is -0.391 e. The van der Waals surface area contributed by atoms with Crippen LogP contribution >= 0.6 is 23.2 Å². The minimum absolute atomic E-state index is 0.232. The summed E-state index contributed by atoms with van der Waals surface area (Å²) in [7, 11) is 0. The summed E-state index contributed by atoms with van der Waals surface area (Å²) < 4.78 is 1.82. The Hall–Kier alpha value is -2.96. The summed E-state index contributed by atoms with van der Waals surface area (Å²) in [4.78, 5) is 25.3. The van der Waals surface area contributed by atoms with Gasteiger partial charge in [0.1, 0.15) is 23.5 Å². The first-order valence-corrected chi connectivity index (χ1v) is 9.10. The highest BCUT2D eigenvalue weighted by Crippen LogP contribution is 2.10. The maximum absolute atomic E-state index is 12.1. The Kier molecular flexibility index (Phi) is 6.94. The van der Waals surface area contributed by atoms with E-state index in [0.717, 1.165) is 17.3 Å². The van der Waals surface area contributed by atoms with Gasteiger partial charge >= 0.3 is 0 Å². The van der Waals surface area contributed by atoms with Crippen molar-refractivity contribution in [3.05, 3.63) is 93.8 Å². The molecule has 0 bridgehead atoms. The molecule has 0 saturated heterocycles. The van der Waals surface area contributed by atoms with Crippen LogP contribution in [0, 0.1) is 0 Å². The van der Waals surface area contributed by atoms with E-state index in [1.807, 2.05) is 35.0 Å². The van der Waals surface area contributed by atoms with Gasteiger partial charge in [0.05, 0.1) is 6.54 Å². The van der Waals surface area contributed by atoms with E-state index in [0.29, 0.717) is 22.2 Å². The molecule has 0 aliphatic carbocycles. The molecule has 0 unspecified atom stereocenters. The van der Waals surface area contributed by atoms with Gasteiger partial charge in [0, 0.05) is 17.4 Å². The van der Waals surface area contributed by atoms with Crippen LogP contribution < -0.4 is 5.49 Å². The molecule has 3 rings (SSSR count). The van der Waals surface area contributed by atoms with Gasteiger partial charge in [-0.25, -0.2) is 4.98 Å². The summed E-state index contributed by atoms with van der Waals surface area (Å²) >= 11 is 11.6. The molecule has 0 N–H and O–H groups in total. The van der Waals surface area contributed by atoms with Crippen molar-refractivity contribution in [3.63, 3.8) is 0 Å². The molecular formula is C20H16Cl2N4O2. The fourth-order valence-corrected chi connectivity index (χ4v) is 2.55. The minimum atomic E-state index is -0.523. The lowest BCUT2D eigenvalue weighted by Crippen LogP contribution is -2.22. The van der Waals surface area contributed by atoms with E-state index >= 15 is 0 Å². The lowest BCUT2D eigenvalue weighted by Gasteiger charge is -2.06. The third-order valence-electron chi connectivity index (χ3n) is 3.67. The number of hydrogen-bond acceptors (Lipinski definition) is 4. The highest BCUT2D eigenvalue weighted by Gasteiger charge is 2.00. The smallest absolute Gasteiger partial charge is 0.293 e. The Balaban J connectivity index is 1.64. The highest BCUT2D eigenvalue weighted by molar-refractivity contribution is 6.30. The number of aromatic nitrogens is 2. The van der Waals surface area contributed by atoms with Crippen molar-refractivity contribution in [2.75, 3.05) is 0 Å². The van der Waals surface area contributed by atoms with E-state index in [1.165, 1.54) is 0 Å². The molecule has 0 atom stereocenters. The summed E-state index contributed by atoms with van der Waals surface area (Å²) in [5.41, 5.74) is 2.32. The molecule has 2 aromatic heterocycles. The van der Waals surface area contributed by atoms with Crippen molar-refractivity contribution in [1.29, 1.82) is 0 Å². The van der Waals surface area contributed by atoms with Crippen molar-refractivity contribution < 1.29 is 9.63 Å². The molecule has 0 aliphatic heterocycles. The van der Waals surface area contributed by atoms with Gasteiger partial charge in [0.15, 0.2) is 0 Å². The first-order chi connectivity index (χ1) is 13.6. The number of halogens is 2. The number of hydrogen-bond donors (Lipinski definition) is 0. The van der Waals surface area contributed by atoms with Crippen LogP contribution in [0.25, 0.3) is 0 Å². The van der Waals surface area contributed by atoms with Crippen molar-refractivity contribution in [3.8, 4) is 0 Å². The van der Waals surface area contributed by atoms with Crippen LogP contribution in [0.5, 0.6) is 0 Å². The monoisotopic (exact) mass is 414 g/mol. The lowest BCUT2D eigenvalue weighted by atomic mass is 10.2. The average molecular weight is 415 g/mol. The normalized spacial score (nSPS) is 11.7. The fraction of sp³-hybridized carbons (Fsp3) is 0.100. The predicted octanol–water partition coefficient (Wildman–Crippen LogP) is 3.87. The van der Waals surface area contributed by atoms with Gasteiger partial charge in [-0.05, 0) is 41.5 Å². The topological polar surface area (TPSA) is 68.8 Å². The van der Waals surface area contributed by atoms with Crippen LogP contribution in [0.3, 0.4) is 0 Å². The van der Waals surface area contributed by atoms with Crippen LogP contribution in [-0.4, -0.2) is 21.7 Å². The molecule has 1 amide bonds. The number of carbonyl (C=O) groups excluding carboxylic acids is 1. The molecule has 142 valence electrons. The van der Waals surface area contributed by atoms with Gasteiger partial charge in [-0.3, -0.25) is 4.79 Å². The maximum atomic E-state index is 12.1. The van der Waals surface area contributed by atoms with Crippen molar-refractivity contribution in [2.45, 2.75) is 13.2 Å². The molecule has 28 heavy (non-hydrogen) atoms. The summed E-state index contributed by atoms with van der Waals surface area (Å²) in [6, 6.07) is 16.1. The van der Waals surface area contributed by atoms with Crippen LogP contribution in [-0.2, 0) is 22.8 Å². The third-order valence-corrected chi connectivity index (χ3v) is 4.14. The largest absolute Gasteiger partial charge is 0.391 e. The molecular weight excluding hydrogens is 399 g/mol. The first-order valence-electron chi connectivity index (χ1n) is 8.34. The van der Waals surface area contributed by atoms with Crippen LogP contribution in [0.2, 0.25) is 10.2 Å². The summed E-state index contributed by atoms with van der Waals surface area (Å²) in [5.74, 6) is -0.523. The molecule has 6 nitrogen and oxygen atoms in total. The van der Waals surface area contributed by atoms with E-state index in [4.69, 9.17) is 28.0 Å². The van der Waals surface area contributed by atoms with Crippen molar-refractivity contribution in [2.24, 2.45) is 10.1 Å². The number of oxime groups is 1. The van der Waals surface area contributed by atoms with Crippen LogP contribution in [0.15, 0.2) is 77.1 Å². The fourth-order valence-electron chi connectivity index (χ4n) is 2.32.